The minimum Gasteiger partial charge on any atom is -0.476 e. The fraction of sp³-hybridized carbons (Fsp3) is 0.611. The normalized spacial score (nSPS) is 11.5. The Balaban J connectivity index is 2.45. The number of carbonyl (C=O) groups is 1. The van der Waals surface area contributed by atoms with Crippen molar-refractivity contribution in [3.63, 3.8) is 0 Å². The molecule has 0 fully saturated rings. The summed E-state index contributed by atoms with van der Waals surface area (Å²) in [5.74, 6) is 0.0952. The molecule has 2 rings (SSSR count). The van der Waals surface area contributed by atoms with E-state index in [0.717, 1.165) is 18.5 Å². The quantitative estimate of drug-likeness (QED) is 0.540. The summed E-state index contributed by atoms with van der Waals surface area (Å²) in [7, 11) is 4.05. The number of aromatic nitrogens is 3. The van der Waals surface area contributed by atoms with E-state index >= 15 is 0 Å². The van der Waals surface area contributed by atoms with Crippen molar-refractivity contribution in [2.24, 2.45) is 0 Å². The van der Waals surface area contributed by atoms with E-state index in [-0.39, 0.29) is 12.0 Å². The second kappa shape index (κ2) is 8.29. The Kier molecular flexibility index (Phi) is 6.36. The minimum absolute atomic E-state index is 0.154. The van der Waals surface area contributed by atoms with Crippen molar-refractivity contribution < 1.29 is 14.3 Å². The lowest BCUT2D eigenvalue weighted by Crippen LogP contribution is -2.16. The zero-order chi connectivity index (χ0) is 18.6. The summed E-state index contributed by atoms with van der Waals surface area (Å²) in [6, 6.07) is 0.154. The van der Waals surface area contributed by atoms with Crippen LogP contribution in [0.1, 0.15) is 49.3 Å². The third-order valence-corrected chi connectivity index (χ3v) is 3.89. The summed E-state index contributed by atoms with van der Waals surface area (Å²) in [6.07, 6.45) is 2.62. The summed E-state index contributed by atoms with van der Waals surface area (Å²) in [5.41, 5.74) is 2.38. The number of aryl methyl sites for hydroxylation is 1. The molecule has 0 saturated heterocycles. The number of fused-ring (bicyclic) bond motifs is 1. The van der Waals surface area contributed by atoms with Gasteiger partial charge in [-0.3, -0.25) is 0 Å². The average Bonchev–Trinajstić information content (AvgIpc) is 2.96. The Morgan fingerprint density at radius 3 is 2.68 bits per heavy atom. The highest BCUT2D eigenvalue weighted by atomic mass is 16.5. The Labute approximate surface area is 148 Å². The molecule has 0 bridgehead atoms. The predicted octanol–water partition coefficient (Wildman–Crippen LogP) is 2.83. The molecule has 2 aromatic heterocycles. The van der Waals surface area contributed by atoms with E-state index in [1.54, 1.807) is 20.2 Å². The third kappa shape index (κ3) is 4.28. The van der Waals surface area contributed by atoms with Crippen molar-refractivity contribution in [2.45, 2.75) is 40.2 Å². The molecule has 0 atom stereocenters. The van der Waals surface area contributed by atoms with Gasteiger partial charge in [0.2, 0.25) is 5.88 Å². The first-order chi connectivity index (χ1) is 11.9. The number of imidazole rings is 1. The maximum absolute atomic E-state index is 12.4. The van der Waals surface area contributed by atoms with Gasteiger partial charge in [-0.25, -0.2) is 14.8 Å². The topological polar surface area (TPSA) is 69.5 Å². The lowest BCUT2D eigenvalue weighted by atomic mass is 10.1. The van der Waals surface area contributed by atoms with E-state index in [0.29, 0.717) is 35.9 Å². The third-order valence-electron chi connectivity index (χ3n) is 3.89. The molecule has 7 heteroatoms. The first kappa shape index (κ1) is 19.2. The van der Waals surface area contributed by atoms with Gasteiger partial charge in [0, 0.05) is 12.6 Å². The van der Waals surface area contributed by atoms with E-state index in [2.05, 4.69) is 14.9 Å². The molecule has 0 aromatic carbocycles. The second-order valence-corrected chi connectivity index (χ2v) is 6.55. The average molecular weight is 348 g/mol. The van der Waals surface area contributed by atoms with E-state index in [4.69, 9.17) is 9.47 Å². The number of hydrogen-bond acceptors (Lipinski definition) is 6. The molecule has 0 amide bonds. The number of rotatable bonds is 8. The highest BCUT2D eigenvalue weighted by molar-refractivity contribution is 6.04. The Bertz CT molecular complexity index is 737. The van der Waals surface area contributed by atoms with Crippen molar-refractivity contribution in [1.82, 2.24) is 19.4 Å². The van der Waals surface area contributed by atoms with Crippen LogP contribution in [0, 0.1) is 6.92 Å². The number of esters is 1. The van der Waals surface area contributed by atoms with E-state index < -0.39 is 0 Å². The van der Waals surface area contributed by atoms with Crippen LogP contribution in [0.2, 0.25) is 0 Å². The predicted molar refractivity (Wildman–Crippen MR) is 97.3 cm³/mol. The van der Waals surface area contributed by atoms with Gasteiger partial charge in [0.1, 0.15) is 5.56 Å². The highest BCUT2D eigenvalue weighted by Gasteiger charge is 2.24. The van der Waals surface area contributed by atoms with Crippen molar-refractivity contribution in [1.29, 1.82) is 0 Å². The maximum Gasteiger partial charge on any atom is 0.342 e. The van der Waals surface area contributed by atoms with E-state index in [1.165, 1.54) is 0 Å². The fourth-order valence-electron chi connectivity index (χ4n) is 2.69. The maximum atomic E-state index is 12.4. The van der Waals surface area contributed by atoms with Crippen molar-refractivity contribution in [3.8, 4) is 5.88 Å². The van der Waals surface area contributed by atoms with Crippen LogP contribution >= 0.6 is 0 Å². The van der Waals surface area contributed by atoms with Crippen LogP contribution in [-0.2, 0) is 4.74 Å². The number of hydrogen-bond donors (Lipinski definition) is 0. The van der Waals surface area contributed by atoms with Crippen molar-refractivity contribution >= 4 is 17.0 Å². The Morgan fingerprint density at radius 1 is 1.36 bits per heavy atom. The summed E-state index contributed by atoms with van der Waals surface area (Å²) in [5, 5.41) is 0. The standard InChI is InChI=1S/C18H28N4O3/c1-7-24-18(23)14-13(4)20-17(25-10-8-9-21(5)6)15-16(14)22(11-19-15)12(2)3/h11-12H,7-10H2,1-6H3. The molecule has 0 spiro atoms. The molecule has 0 unspecified atom stereocenters. The molecule has 2 aromatic rings. The van der Waals surface area contributed by atoms with Gasteiger partial charge < -0.3 is 18.9 Å². The summed E-state index contributed by atoms with van der Waals surface area (Å²) in [4.78, 5) is 23.5. The molecule has 0 aliphatic heterocycles. The van der Waals surface area contributed by atoms with Crippen LogP contribution in [-0.4, -0.2) is 59.3 Å². The van der Waals surface area contributed by atoms with Crippen LogP contribution in [0.3, 0.4) is 0 Å². The van der Waals surface area contributed by atoms with Gasteiger partial charge in [0.15, 0.2) is 5.52 Å². The number of ether oxygens (including phenoxy) is 2. The Morgan fingerprint density at radius 2 is 2.08 bits per heavy atom. The van der Waals surface area contributed by atoms with Gasteiger partial charge >= 0.3 is 5.97 Å². The lowest BCUT2D eigenvalue weighted by Gasteiger charge is -2.15. The summed E-state index contributed by atoms with van der Waals surface area (Å²) >= 11 is 0. The van der Waals surface area contributed by atoms with E-state index in [9.17, 15) is 4.79 Å². The van der Waals surface area contributed by atoms with Crippen molar-refractivity contribution in [2.75, 3.05) is 33.9 Å². The number of pyridine rings is 1. The zero-order valence-corrected chi connectivity index (χ0v) is 16.0. The SMILES string of the molecule is CCOC(=O)c1c(C)nc(OCCCN(C)C)c2ncn(C(C)C)c12. The summed E-state index contributed by atoms with van der Waals surface area (Å²) in [6.45, 7) is 9.48. The molecule has 138 valence electrons. The summed E-state index contributed by atoms with van der Waals surface area (Å²) < 4.78 is 13.1. The fourth-order valence-corrected chi connectivity index (χ4v) is 2.69. The first-order valence-corrected chi connectivity index (χ1v) is 8.68. The smallest absolute Gasteiger partial charge is 0.342 e. The van der Waals surface area contributed by atoms with Crippen LogP contribution in [0.25, 0.3) is 11.0 Å². The molecular weight excluding hydrogens is 320 g/mol. The number of carbonyl (C=O) groups excluding carboxylic acids is 1. The van der Waals surface area contributed by atoms with Crippen LogP contribution in [0.4, 0.5) is 0 Å². The first-order valence-electron chi connectivity index (χ1n) is 8.68. The second-order valence-electron chi connectivity index (χ2n) is 6.55. The molecule has 2 heterocycles. The molecule has 0 N–H and O–H groups in total. The van der Waals surface area contributed by atoms with Gasteiger partial charge in [-0.15, -0.1) is 0 Å². The molecular formula is C18H28N4O3. The number of nitrogens with zero attached hydrogens (tertiary/aromatic N) is 4. The highest BCUT2D eigenvalue weighted by Crippen LogP contribution is 2.30. The van der Waals surface area contributed by atoms with Gasteiger partial charge in [-0.05, 0) is 48.2 Å². The molecule has 0 aliphatic carbocycles. The van der Waals surface area contributed by atoms with Crippen LogP contribution < -0.4 is 4.74 Å². The molecule has 0 radical (unpaired) electrons. The van der Waals surface area contributed by atoms with Gasteiger partial charge in [0.25, 0.3) is 0 Å². The molecule has 0 aliphatic rings. The van der Waals surface area contributed by atoms with Gasteiger partial charge in [-0.1, -0.05) is 0 Å². The Hall–Kier alpha value is -2.15. The minimum atomic E-state index is -0.376. The monoisotopic (exact) mass is 348 g/mol. The van der Waals surface area contributed by atoms with Gasteiger partial charge in [-0.2, -0.15) is 0 Å². The van der Waals surface area contributed by atoms with E-state index in [1.807, 2.05) is 32.5 Å². The largest absolute Gasteiger partial charge is 0.476 e. The molecule has 25 heavy (non-hydrogen) atoms. The van der Waals surface area contributed by atoms with Crippen LogP contribution in [0.5, 0.6) is 5.88 Å². The van der Waals surface area contributed by atoms with Crippen molar-refractivity contribution in [3.05, 3.63) is 17.6 Å². The molecule has 0 saturated carbocycles. The van der Waals surface area contributed by atoms with Gasteiger partial charge in [0.05, 0.1) is 30.8 Å². The van der Waals surface area contributed by atoms with Crippen LogP contribution in [0.15, 0.2) is 6.33 Å². The lowest BCUT2D eigenvalue weighted by molar-refractivity contribution is 0.0526. The zero-order valence-electron chi connectivity index (χ0n) is 16.0. The molecule has 7 nitrogen and oxygen atoms in total.